The molecule has 1 unspecified atom stereocenters. The van der Waals surface area contributed by atoms with Crippen LogP contribution in [0.4, 0.5) is 0 Å². The van der Waals surface area contributed by atoms with E-state index in [2.05, 4.69) is 59.7 Å². The van der Waals surface area contributed by atoms with E-state index in [1.165, 1.54) is 62.1 Å². The van der Waals surface area contributed by atoms with Crippen molar-refractivity contribution in [2.24, 2.45) is 0 Å². The lowest BCUT2D eigenvalue weighted by atomic mass is 9.96. The standard InChI is InChI=1S/C18H26ClNS2/c1-20-12-3-2-5-17(20)10-11-18(21-13-4-14-22-18)15-6-8-16(19)9-7-15/h6-9,17H,2-5,10-14H2,1H3. The van der Waals surface area contributed by atoms with Crippen LogP contribution in [0.5, 0.6) is 0 Å². The Labute approximate surface area is 148 Å². The van der Waals surface area contributed by atoms with Crippen molar-refractivity contribution in [3.05, 3.63) is 34.9 Å². The SMILES string of the molecule is CN1CCCCC1CCC1(c2ccc(Cl)cc2)SCCCS1. The van der Waals surface area contributed by atoms with E-state index >= 15 is 0 Å². The Bertz CT molecular complexity index is 470. The van der Waals surface area contributed by atoms with Gasteiger partial charge in [-0.05, 0) is 74.9 Å². The van der Waals surface area contributed by atoms with Gasteiger partial charge in [-0.25, -0.2) is 0 Å². The minimum absolute atomic E-state index is 0.251. The molecule has 0 N–H and O–H groups in total. The van der Waals surface area contributed by atoms with Crippen LogP contribution in [0.15, 0.2) is 24.3 Å². The number of likely N-dealkylation sites (tertiary alicyclic amines) is 1. The molecule has 4 heteroatoms. The Morgan fingerprint density at radius 3 is 2.55 bits per heavy atom. The number of benzene rings is 1. The normalized spacial score (nSPS) is 26.0. The zero-order valence-electron chi connectivity index (χ0n) is 13.4. The quantitative estimate of drug-likeness (QED) is 0.689. The summed E-state index contributed by atoms with van der Waals surface area (Å²) in [5.41, 5.74) is 1.46. The fourth-order valence-electron chi connectivity index (χ4n) is 3.60. The van der Waals surface area contributed by atoms with E-state index in [-0.39, 0.29) is 4.08 Å². The summed E-state index contributed by atoms with van der Waals surface area (Å²) >= 11 is 10.4. The Balaban J connectivity index is 1.73. The monoisotopic (exact) mass is 355 g/mol. The average Bonchev–Trinajstić information content (AvgIpc) is 2.56. The molecule has 0 spiro atoms. The van der Waals surface area contributed by atoms with Crippen LogP contribution in [-0.2, 0) is 4.08 Å². The third-order valence-electron chi connectivity index (χ3n) is 4.97. The van der Waals surface area contributed by atoms with Gasteiger partial charge in [-0.15, -0.1) is 23.5 Å². The van der Waals surface area contributed by atoms with Gasteiger partial charge < -0.3 is 4.90 Å². The van der Waals surface area contributed by atoms with Crippen LogP contribution >= 0.6 is 35.1 Å². The lowest BCUT2D eigenvalue weighted by Crippen LogP contribution is -2.37. The second-order valence-electron chi connectivity index (χ2n) is 6.48. The number of nitrogens with zero attached hydrogens (tertiary/aromatic N) is 1. The van der Waals surface area contributed by atoms with Crippen LogP contribution in [0.25, 0.3) is 0 Å². The third kappa shape index (κ3) is 3.98. The van der Waals surface area contributed by atoms with Crippen LogP contribution in [-0.4, -0.2) is 36.0 Å². The first-order chi connectivity index (χ1) is 10.7. The number of hydrogen-bond acceptors (Lipinski definition) is 3. The minimum Gasteiger partial charge on any atom is -0.303 e. The van der Waals surface area contributed by atoms with Crippen molar-refractivity contribution >= 4 is 35.1 Å². The fourth-order valence-corrected chi connectivity index (χ4v) is 7.11. The molecule has 2 fully saturated rings. The summed E-state index contributed by atoms with van der Waals surface area (Å²) in [7, 11) is 2.31. The molecule has 22 heavy (non-hydrogen) atoms. The fraction of sp³-hybridized carbons (Fsp3) is 0.667. The molecule has 0 aromatic heterocycles. The second-order valence-corrected chi connectivity index (χ2v) is 9.96. The number of hydrogen-bond donors (Lipinski definition) is 0. The maximum absolute atomic E-state index is 6.09. The first-order valence-corrected chi connectivity index (χ1v) is 10.8. The molecule has 2 saturated heterocycles. The zero-order chi connectivity index (χ0) is 15.4. The summed E-state index contributed by atoms with van der Waals surface area (Å²) in [5.74, 6) is 2.58. The van der Waals surface area contributed by atoms with Crippen LogP contribution in [0.2, 0.25) is 5.02 Å². The topological polar surface area (TPSA) is 3.24 Å². The summed E-state index contributed by atoms with van der Waals surface area (Å²) < 4.78 is 0.251. The van der Waals surface area contributed by atoms with Crippen molar-refractivity contribution in [2.45, 2.75) is 48.6 Å². The zero-order valence-corrected chi connectivity index (χ0v) is 15.8. The van der Waals surface area contributed by atoms with Crippen molar-refractivity contribution in [3.8, 4) is 0 Å². The molecule has 2 aliphatic heterocycles. The summed E-state index contributed by atoms with van der Waals surface area (Å²) in [6.45, 7) is 1.28. The van der Waals surface area contributed by atoms with E-state index < -0.39 is 0 Å². The average molecular weight is 356 g/mol. The van der Waals surface area contributed by atoms with Crippen LogP contribution in [0.1, 0.15) is 44.1 Å². The van der Waals surface area contributed by atoms with Crippen molar-refractivity contribution in [1.29, 1.82) is 0 Å². The summed E-state index contributed by atoms with van der Waals surface area (Å²) in [6.07, 6.45) is 8.09. The largest absolute Gasteiger partial charge is 0.303 e. The molecular formula is C18H26ClNS2. The predicted octanol–water partition coefficient (Wildman–Crippen LogP) is 5.63. The molecule has 0 amide bonds. The molecule has 1 atom stereocenters. The highest BCUT2D eigenvalue weighted by atomic mass is 35.5. The van der Waals surface area contributed by atoms with E-state index in [0.717, 1.165) is 11.1 Å². The first-order valence-electron chi connectivity index (χ1n) is 8.44. The van der Waals surface area contributed by atoms with Crippen molar-refractivity contribution in [2.75, 3.05) is 25.1 Å². The van der Waals surface area contributed by atoms with Gasteiger partial charge in [0, 0.05) is 11.1 Å². The highest BCUT2D eigenvalue weighted by molar-refractivity contribution is 8.18. The van der Waals surface area contributed by atoms with Gasteiger partial charge in [0.05, 0.1) is 4.08 Å². The molecule has 2 heterocycles. The van der Waals surface area contributed by atoms with Gasteiger partial charge in [-0.2, -0.15) is 0 Å². The van der Waals surface area contributed by atoms with Crippen LogP contribution in [0, 0.1) is 0 Å². The van der Waals surface area contributed by atoms with E-state index in [4.69, 9.17) is 11.6 Å². The van der Waals surface area contributed by atoms with Gasteiger partial charge in [-0.1, -0.05) is 30.2 Å². The van der Waals surface area contributed by atoms with E-state index in [1.54, 1.807) is 0 Å². The van der Waals surface area contributed by atoms with Gasteiger partial charge >= 0.3 is 0 Å². The first kappa shape index (κ1) is 17.0. The Hall–Kier alpha value is 0.170. The van der Waals surface area contributed by atoms with Crippen LogP contribution < -0.4 is 0 Å². The molecular weight excluding hydrogens is 330 g/mol. The summed E-state index contributed by atoms with van der Waals surface area (Å²) in [4.78, 5) is 2.58. The maximum atomic E-state index is 6.09. The van der Waals surface area contributed by atoms with E-state index in [9.17, 15) is 0 Å². The van der Waals surface area contributed by atoms with Gasteiger partial charge in [0.15, 0.2) is 0 Å². The molecule has 1 aromatic rings. The van der Waals surface area contributed by atoms with E-state index in [1.807, 2.05) is 0 Å². The number of halogens is 1. The Morgan fingerprint density at radius 1 is 1.14 bits per heavy atom. The molecule has 0 radical (unpaired) electrons. The summed E-state index contributed by atoms with van der Waals surface area (Å²) in [5, 5.41) is 0.844. The Morgan fingerprint density at radius 2 is 1.86 bits per heavy atom. The Kier molecular flexibility index (Phi) is 6.05. The number of thioether (sulfide) groups is 2. The smallest absolute Gasteiger partial charge is 0.0860 e. The molecule has 1 aromatic carbocycles. The van der Waals surface area contributed by atoms with E-state index in [0.29, 0.717) is 0 Å². The van der Waals surface area contributed by atoms with Crippen molar-refractivity contribution in [1.82, 2.24) is 4.90 Å². The van der Waals surface area contributed by atoms with Gasteiger partial charge in [0.25, 0.3) is 0 Å². The molecule has 0 bridgehead atoms. The highest BCUT2D eigenvalue weighted by Gasteiger charge is 2.36. The molecule has 0 aliphatic carbocycles. The molecule has 0 saturated carbocycles. The molecule has 1 nitrogen and oxygen atoms in total. The minimum atomic E-state index is 0.251. The van der Waals surface area contributed by atoms with Gasteiger partial charge in [0.1, 0.15) is 0 Å². The maximum Gasteiger partial charge on any atom is 0.0860 e. The molecule has 3 rings (SSSR count). The lowest BCUT2D eigenvalue weighted by Gasteiger charge is -2.40. The summed E-state index contributed by atoms with van der Waals surface area (Å²) in [6, 6.07) is 9.39. The number of piperidine rings is 1. The van der Waals surface area contributed by atoms with Crippen molar-refractivity contribution < 1.29 is 0 Å². The predicted molar refractivity (Wildman–Crippen MR) is 102 cm³/mol. The highest BCUT2D eigenvalue weighted by Crippen LogP contribution is 2.53. The van der Waals surface area contributed by atoms with Crippen LogP contribution in [0.3, 0.4) is 0 Å². The second kappa shape index (κ2) is 7.83. The molecule has 122 valence electrons. The molecule has 2 aliphatic rings. The van der Waals surface area contributed by atoms with Gasteiger partial charge in [0.2, 0.25) is 0 Å². The third-order valence-corrected chi connectivity index (χ3v) is 8.73. The lowest BCUT2D eigenvalue weighted by molar-refractivity contribution is 0.173. The van der Waals surface area contributed by atoms with Crippen molar-refractivity contribution in [3.63, 3.8) is 0 Å². The van der Waals surface area contributed by atoms with Gasteiger partial charge in [-0.3, -0.25) is 0 Å². The number of rotatable bonds is 4.